The van der Waals surface area contributed by atoms with Crippen molar-refractivity contribution in [2.75, 3.05) is 4.90 Å². The number of hydrogen-bond donors (Lipinski definition) is 0. The maximum absolute atomic E-state index is 2.86. The summed E-state index contributed by atoms with van der Waals surface area (Å²) >= 11 is 0. The van der Waals surface area contributed by atoms with Gasteiger partial charge in [-0.2, -0.15) is 0 Å². The van der Waals surface area contributed by atoms with E-state index < -0.39 is 0 Å². The summed E-state index contributed by atoms with van der Waals surface area (Å²) in [5.41, 5.74) is 5.55. The van der Waals surface area contributed by atoms with Crippen LogP contribution in [0.1, 0.15) is 61.5 Å². The van der Waals surface area contributed by atoms with Gasteiger partial charge in [-0.05, 0) is 49.4 Å². The molecule has 1 saturated carbocycles. The van der Waals surface area contributed by atoms with E-state index in [4.69, 9.17) is 0 Å². The van der Waals surface area contributed by atoms with Gasteiger partial charge in [0.05, 0.1) is 6.04 Å². The first-order chi connectivity index (χ1) is 14.8. The number of nitrogens with zero attached hydrogens (tertiary/aromatic N) is 2. The van der Waals surface area contributed by atoms with Crippen LogP contribution in [0.2, 0.25) is 0 Å². The first-order valence-corrected chi connectivity index (χ1v) is 11.5. The Balaban J connectivity index is 1.70. The van der Waals surface area contributed by atoms with Crippen molar-refractivity contribution in [3.63, 3.8) is 0 Å². The molecule has 2 fully saturated rings. The molecule has 2 aliphatic rings. The minimum Gasteiger partial charge on any atom is -0.347 e. The molecule has 2 heteroatoms. The zero-order chi connectivity index (χ0) is 20.5. The second-order valence-electron chi connectivity index (χ2n) is 8.96. The number of aryl methyl sites for hydroxylation is 1. The third-order valence-corrected chi connectivity index (χ3v) is 7.14. The van der Waals surface area contributed by atoms with Gasteiger partial charge in [0.15, 0.2) is 0 Å². The van der Waals surface area contributed by atoms with Gasteiger partial charge in [-0.3, -0.25) is 4.90 Å². The molecule has 1 aliphatic carbocycles. The highest BCUT2D eigenvalue weighted by atomic mass is 15.5. The second-order valence-corrected chi connectivity index (χ2v) is 8.96. The number of para-hydroxylation sites is 1. The lowest BCUT2D eigenvalue weighted by atomic mass is 9.98. The van der Waals surface area contributed by atoms with Crippen molar-refractivity contribution in [3.05, 3.63) is 102 Å². The summed E-state index contributed by atoms with van der Waals surface area (Å²) in [5, 5.41) is 0. The summed E-state index contributed by atoms with van der Waals surface area (Å²) < 4.78 is 0. The van der Waals surface area contributed by atoms with Crippen molar-refractivity contribution < 1.29 is 0 Å². The summed E-state index contributed by atoms with van der Waals surface area (Å²) in [5.74, 6) is 0. The van der Waals surface area contributed by atoms with Gasteiger partial charge in [0.25, 0.3) is 0 Å². The van der Waals surface area contributed by atoms with Gasteiger partial charge in [-0.15, -0.1) is 0 Å². The molecule has 3 atom stereocenters. The Morgan fingerprint density at radius 2 is 1.27 bits per heavy atom. The van der Waals surface area contributed by atoms with Crippen LogP contribution in [-0.2, 0) is 0 Å². The molecule has 1 saturated heterocycles. The van der Waals surface area contributed by atoms with Gasteiger partial charge in [0.1, 0.15) is 6.17 Å². The lowest BCUT2D eigenvalue weighted by molar-refractivity contribution is 0.127. The van der Waals surface area contributed by atoms with Crippen LogP contribution in [0.3, 0.4) is 0 Å². The lowest BCUT2D eigenvalue weighted by Crippen LogP contribution is -2.38. The number of rotatable bonds is 4. The number of anilines is 1. The molecule has 154 valence electrons. The van der Waals surface area contributed by atoms with E-state index in [-0.39, 0.29) is 6.17 Å². The molecule has 0 radical (unpaired) electrons. The minimum absolute atomic E-state index is 0.260. The Bertz CT molecular complexity index is 962. The predicted octanol–water partition coefficient (Wildman–Crippen LogP) is 6.89. The summed E-state index contributed by atoms with van der Waals surface area (Å²) in [6.45, 7) is 4.68. The SMILES string of the molecule is Cc1ccccc1N1C(c2ccccc2)N(C2CCCC2)C(c2ccccc2)[C@@H]1C. The van der Waals surface area contributed by atoms with Gasteiger partial charge in [0, 0.05) is 17.8 Å². The van der Waals surface area contributed by atoms with Crippen molar-refractivity contribution in [3.8, 4) is 0 Å². The third kappa shape index (κ3) is 3.33. The van der Waals surface area contributed by atoms with Crippen LogP contribution in [0, 0.1) is 6.92 Å². The summed E-state index contributed by atoms with van der Waals surface area (Å²) in [7, 11) is 0. The predicted molar refractivity (Wildman–Crippen MR) is 126 cm³/mol. The monoisotopic (exact) mass is 396 g/mol. The Kier molecular flexibility index (Phi) is 5.35. The fourth-order valence-corrected chi connectivity index (χ4v) is 5.81. The smallest absolute Gasteiger partial charge is 0.109 e. The first-order valence-electron chi connectivity index (χ1n) is 11.5. The van der Waals surface area contributed by atoms with E-state index in [1.165, 1.54) is 48.1 Å². The van der Waals surface area contributed by atoms with Crippen molar-refractivity contribution in [2.24, 2.45) is 0 Å². The molecule has 2 nitrogen and oxygen atoms in total. The van der Waals surface area contributed by atoms with Crippen LogP contribution in [0.15, 0.2) is 84.9 Å². The standard InChI is InChI=1S/C28H32N2/c1-21-13-9-12-20-26(21)29-22(2)27(23-14-5-3-6-15-23)30(25-18-10-11-19-25)28(29)24-16-7-4-8-17-24/h3-9,12-17,20,22,25,27-28H,10-11,18-19H2,1-2H3/t22-,27?,28?/m0/s1. The van der Waals surface area contributed by atoms with Gasteiger partial charge in [-0.1, -0.05) is 91.7 Å². The summed E-state index contributed by atoms with van der Waals surface area (Å²) in [6, 6.07) is 32.6. The highest BCUT2D eigenvalue weighted by Gasteiger charge is 2.49. The Morgan fingerprint density at radius 1 is 0.700 bits per heavy atom. The average Bonchev–Trinajstić information content (AvgIpc) is 3.41. The van der Waals surface area contributed by atoms with Crippen LogP contribution in [0.5, 0.6) is 0 Å². The van der Waals surface area contributed by atoms with E-state index in [1.807, 2.05) is 0 Å². The molecule has 0 bridgehead atoms. The molecule has 0 N–H and O–H groups in total. The Labute approximate surface area is 181 Å². The fraction of sp³-hybridized carbons (Fsp3) is 0.357. The number of benzene rings is 3. The van der Waals surface area contributed by atoms with Crippen LogP contribution >= 0.6 is 0 Å². The highest BCUT2D eigenvalue weighted by molar-refractivity contribution is 5.57. The Morgan fingerprint density at radius 3 is 1.90 bits per heavy atom. The van der Waals surface area contributed by atoms with Gasteiger partial charge >= 0.3 is 0 Å². The molecule has 0 spiro atoms. The molecule has 3 aromatic rings. The van der Waals surface area contributed by atoms with Crippen LogP contribution in [-0.4, -0.2) is 17.0 Å². The summed E-state index contributed by atoms with van der Waals surface area (Å²) in [6.07, 6.45) is 5.57. The molecule has 0 amide bonds. The molecule has 5 rings (SSSR count). The number of hydrogen-bond acceptors (Lipinski definition) is 2. The molecular formula is C28H32N2. The zero-order valence-corrected chi connectivity index (χ0v) is 18.1. The van der Waals surface area contributed by atoms with Gasteiger partial charge in [0.2, 0.25) is 0 Å². The molecule has 1 heterocycles. The van der Waals surface area contributed by atoms with Crippen molar-refractivity contribution in [2.45, 2.75) is 63.8 Å². The van der Waals surface area contributed by atoms with Crippen LogP contribution in [0.25, 0.3) is 0 Å². The minimum atomic E-state index is 0.260. The average molecular weight is 397 g/mol. The summed E-state index contributed by atoms with van der Waals surface area (Å²) in [4.78, 5) is 5.55. The molecular weight excluding hydrogens is 364 g/mol. The first kappa shape index (κ1) is 19.4. The van der Waals surface area contributed by atoms with Crippen molar-refractivity contribution in [1.82, 2.24) is 4.90 Å². The molecule has 1 aliphatic heterocycles. The van der Waals surface area contributed by atoms with E-state index in [0.717, 1.165) is 0 Å². The maximum atomic E-state index is 2.86. The zero-order valence-electron chi connectivity index (χ0n) is 18.1. The molecule has 0 aromatic heterocycles. The highest BCUT2D eigenvalue weighted by Crippen LogP contribution is 2.51. The molecule has 30 heavy (non-hydrogen) atoms. The lowest BCUT2D eigenvalue weighted by Gasteiger charge is -2.37. The topological polar surface area (TPSA) is 6.48 Å². The second kappa shape index (κ2) is 8.28. The normalized spacial score (nSPS) is 25.1. The van der Waals surface area contributed by atoms with E-state index >= 15 is 0 Å². The largest absolute Gasteiger partial charge is 0.347 e. The van der Waals surface area contributed by atoms with Gasteiger partial charge in [-0.25, -0.2) is 0 Å². The van der Waals surface area contributed by atoms with E-state index in [9.17, 15) is 0 Å². The molecule has 2 unspecified atom stereocenters. The van der Waals surface area contributed by atoms with Crippen molar-refractivity contribution >= 4 is 5.69 Å². The third-order valence-electron chi connectivity index (χ3n) is 7.14. The van der Waals surface area contributed by atoms with E-state index in [1.54, 1.807) is 0 Å². The quantitative estimate of drug-likeness (QED) is 0.474. The van der Waals surface area contributed by atoms with E-state index in [0.29, 0.717) is 18.1 Å². The fourth-order valence-electron chi connectivity index (χ4n) is 5.81. The van der Waals surface area contributed by atoms with Crippen molar-refractivity contribution in [1.29, 1.82) is 0 Å². The molecule has 3 aromatic carbocycles. The van der Waals surface area contributed by atoms with Crippen LogP contribution in [0.4, 0.5) is 5.69 Å². The maximum Gasteiger partial charge on any atom is 0.109 e. The van der Waals surface area contributed by atoms with Gasteiger partial charge < -0.3 is 4.90 Å². The Hall–Kier alpha value is -2.58. The van der Waals surface area contributed by atoms with Crippen LogP contribution < -0.4 is 4.90 Å². The van der Waals surface area contributed by atoms with E-state index in [2.05, 4.69) is 109 Å².